The Morgan fingerprint density at radius 2 is 1.88 bits per heavy atom. The van der Waals surface area contributed by atoms with Crippen LogP contribution in [-0.2, 0) is 6.54 Å². The van der Waals surface area contributed by atoms with Crippen LogP contribution in [0.4, 0.5) is 8.78 Å². The number of fused-ring (bicyclic) bond motifs is 1. The lowest BCUT2D eigenvalue weighted by Crippen LogP contribution is -2.35. The smallest absolute Gasteiger partial charge is 0.261 e. The molecule has 2 aromatic carbocycles. The van der Waals surface area contributed by atoms with E-state index in [-0.39, 0.29) is 30.6 Å². The van der Waals surface area contributed by atoms with Crippen LogP contribution >= 0.6 is 11.6 Å². The van der Waals surface area contributed by atoms with E-state index in [0.29, 0.717) is 36.1 Å². The number of halogens is 3. The zero-order chi connectivity index (χ0) is 29.1. The highest BCUT2D eigenvalue weighted by atomic mass is 35.5. The number of aryl methyl sites for hydroxylation is 1. The molecular weight excluding hydrogens is 544 g/mol. The van der Waals surface area contributed by atoms with Crippen molar-refractivity contribution in [3.05, 3.63) is 76.6 Å². The van der Waals surface area contributed by atoms with Gasteiger partial charge in [0.05, 0.1) is 6.54 Å². The monoisotopic (exact) mass is 581 g/mol. The van der Waals surface area contributed by atoms with Gasteiger partial charge in [-0.1, -0.05) is 30.7 Å². The van der Waals surface area contributed by atoms with Gasteiger partial charge in [-0.2, -0.15) is 0 Å². The number of rotatable bonds is 9. The third-order valence-electron chi connectivity index (χ3n) is 8.83. The number of amides is 1. The van der Waals surface area contributed by atoms with Gasteiger partial charge in [-0.05, 0) is 80.5 Å². The van der Waals surface area contributed by atoms with Crippen LogP contribution in [0.5, 0.6) is 0 Å². The number of hydrogen-bond donors (Lipinski definition) is 1. The molecule has 1 aliphatic carbocycles. The molecule has 2 atom stereocenters. The van der Waals surface area contributed by atoms with Gasteiger partial charge in [-0.25, -0.2) is 8.78 Å². The van der Waals surface area contributed by atoms with Crippen LogP contribution in [0.15, 0.2) is 49.2 Å². The number of ketones is 1. The summed E-state index contributed by atoms with van der Waals surface area (Å²) in [5, 5.41) is 5.61. The Morgan fingerprint density at radius 3 is 2.59 bits per heavy atom. The number of carbonyl (C=O) groups is 2. The van der Waals surface area contributed by atoms with Gasteiger partial charge in [-0.15, -0.1) is 0 Å². The first-order valence-corrected chi connectivity index (χ1v) is 15.0. The van der Waals surface area contributed by atoms with Crippen LogP contribution in [0.3, 0.4) is 0 Å². The number of benzene rings is 2. The molecule has 2 fully saturated rings. The summed E-state index contributed by atoms with van der Waals surface area (Å²) >= 11 is 6.00. The van der Waals surface area contributed by atoms with E-state index in [4.69, 9.17) is 11.6 Å². The second-order valence-electron chi connectivity index (χ2n) is 11.7. The van der Waals surface area contributed by atoms with Gasteiger partial charge in [0.15, 0.2) is 5.78 Å². The van der Waals surface area contributed by atoms with Crippen molar-refractivity contribution < 1.29 is 18.4 Å². The fraction of sp³-hybridized carbons (Fsp3) is 0.455. The quantitative estimate of drug-likeness (QED) is 0.212. The van der Waals surface area contributed by atoms with E-state index >= 15 is 0 Å². The van der Waals surface area contributed by atoms with Gasteiger partial charge < -0.3 is 9.88 Å². The molecule has 1 N–H and O–H groups in total. The number of alkyl halides is 2. The highest BCUT2D eigenvalue weighted by Crippen LogP contribution is 2.34. The molecule has 0 spiro atoms. The molecule has 1 amide bonds. The summed E-state index contributed by atoms with van der Waals surface area (Å²) in [4.78, 5) is 27.8. The third kappa shape index (κ3) is 6.73. The standard InChI is InChI=1S/C33H38ClF2N3O2/c1-3-30-28-14-13-27(32(41)37-16-18-38-17-15-33(35,36)21-38)22(2)29(28)20-39(30)19-23-5-4-6-24(8-7-23)31(40)25-9-11-26(34)12-10-25/h3,9-14,20,23-24H,1,4-8,15-19,21H2,2H3,(H,37,41). The van der Waals surface area contributed by atoms with Gasteiger partial charge in [0.2, 0.25) is 0 Å². The average Bonchev–Trinajstić information content (AvgIpc) is 3.38. The van der Waals surface area contributed by atoms with Crippen LogP contribution in [0, 0.1) is 18.8 Å². The number of carbonyl (C=O) groups excluding carboxylic acids is 2. The Hall–Kier alpha value is -3.03. The molecule has 3 aromatic rings. The summed E-state index contributed by atoms with van der Waals surface area (Å²) in [5.41, 5.74) is 3.25. The van der Waals surface area contributed by atoms with Crippen molar-refractivity contribution in [1.29, 1.82) is 0 Å². The molecule has 8 heteroatoms. The lowest BCUT2D eigenvalue weighted by molar-refractivity contribution is 0.0124. The second-order valence-corrected chi connectivity index (χ2v) is 12.1. The second kappa shape index (κ2) is 12.5. The zero-order valence-corrected chi connectivity index (χ0v) is 24.4. The summed E-state index contributed by atoms with van der Waals surface area (Å²) in [6.07, 6.45) is 8.69. The molecule has 1 aliphatic heterocycles. The molecular formula is C33H38ClF2N3O2. The van der Waals surface area contributed by atoms with E-state index in [9.17, 15) is 18.4 Å². The van der Waals surface area contributed by atoms with Crippen molar-refractivity contribution in [2.45, 2.75) is 57.9 Å². The van der Waals surface area contributed by atoms with Crippen molar-refractivity contribution in [1.82, 2.24) is 14.8 Å². The van der Waals surface area contributed by atoms with E-state index in [2.05, 4.69) is 22.7 Å². The maximum atomic E-state index is 13.4. The van der Waals surface area contributed by atoms with E-state index < -0.39 is 5.92 Å². The lowest BCUT2D eigenvalue weighted by Gasteiger charge is -2.17. The minimum absolute atomic E-state index is 0.0362. The van der Waals surface area contributed by atoms with E-state index in [1.165, 1.54) is 0 Å². The van der Waals surface area contributed by atoms with Crippen molar-refractivity contribution in [2.75, 3.05) is 26.2 Å². The number of nitrogens with zero attached hydrogens (tertiary/aromatic N) is 2. The van der Waals surface area contributed by atoms with E-state index in [1.807, 2.05) is 37.3 Å². The fourth-order valence-corrected chi connectivity index (χ4v) is 6.62. The molecule has 2 aliphatic rings. The largest absolute Gasteiger partial charge is 0.351 e. The highest BCUT2D eigenvalue weighted by Gasteiger charge is 2.37. The van der Waals surface area contributed by atoms with Crippen LogP contribution in [0.25, 0.3) is 16.8 Å². The Morgan fingerprint density at radius 1 is 1.10 bits per heavy atom. The minimum atomic E-state index is -2.63. The molecule has 2 heterocycles. The maximum absolute atomic E-state index is 13.4. The molecule has 0 bridgehead atoms. The SMILES string of the molecule is C=Cc1c2ccc(C(=O)NCCN3CCC(F)(F)C3)c(C)c2cn1CC1CCCC(C(=O)c2ccc(Cl)cc2)CC1. The summed E-state index contributed by atoms with van der Waals surface area (Å²) in [6, 6.07) is 11.0. The van der Waals surface area contributed by atoms with Gasteiger partial charge in [0.25, 0.3) is 11.8 Å². The van der Waals surface area contributed by atoms with Crippen molar-refractivity contribution in [2.24, 2.45) is 11.8 Å². The zero-order valence-electron chi connectivity index (χ0n) is 23.6. The van der Waals surface area contributed by atoms with Gasteiger partial charge in [-0.3, -0.25) is 14.5 Å². The molecule has 218 valence electrons. The summed E-state index contributed by atoms with van der Waals surface area (Å²) in [5.74, 6) is -2.13. The Labute approximate surface area is 245 Å². The predicted molar refractivity (Wildman–Crippen MR) is 161 cm³/mol. The fourth-order valence-electron chi connectivity index (χ4n) is 6.49. The summed E-state index contributed by atoms with van der Waals surface area (Å²) in [6.45, 7) is 7.70. The number of likely N-dealkylation sites (tertiary alicyclic amines) is 1. The van der Waals surface area contributed by atoms with Crippen molar-refractivity contribution >= 4 is 40.1 Å². The van der Waals surface area contributed by atoms with Crippen LogP contribution in [0.2, 0.25) is 5.02 Å². The molecule has 1 saturated carbocycles. The molecule has 41 heavy (non-hydrogen) atoms. The third-order valence-corrected chi connectivity index (χ3v) is 9.08. The predicted octanol–water partition coefficient (Wildman–Crippen LogP) is 7.40. The topological polar surface area (TPSA) is 54.3 Å². The molecule has 1 aromatic heterocycles. The highest BCUT2D eigenvalue weighted by molar-refractivity contribution is 6.30. The molecule has 0 radical (unpaired) electrons. The lowest BCUT2D eigenvalue weighted by atomic mass is 9.90. The van der Waals surface area contributed by atoms with Crippen molar-refractivity contribution in [3.8, 4) is 0 Å². The van der Waals surface area contributed by atoms with E-state index in [0.717, 1.165) is 66.2 Å². The Kier molecular flexibility index (Phi) is 8.95. The van der Waals surface area contributed by atoms with Gasteiger partial charge in [0, 0.05) is 77.3 Å². The summed E-state index contributed by atoms with van der Waals surface area (Å²) in [7, 11) is 0. The molecule has 2 unspecified atom stereocenters. The van der Waals surface area contributed by atoms with Gasteiger partial charge in [0.1, 0.15) is 0 Å². The molecule has 1 saturated heterocycles. The minimum Gasteiger partial charge on any atom is -0.351 e. The number of hydrogen-bond acceptors (Lipinski definition) is 3. The first-order valence-electron chi connectivity index (χ1n) is 14.6. The number of nitrogens with one attached hydrogen (secondary N) is 1. The Balaban J connectivity index is 1.24. The number of Topliss-reactive ketones (excluding diaryl/α,β-unsaturated/α-hetero) is 1. The first-order chi connectivity index (χ1) is 19.6. The molecule has 5 nitrogen and oxygen atoms in total. The molecule has 5 rings (SSSR count). The average molecular weight is 582 g/mol. The van der Waals surface area contributed by atoms with Crippen LogP contribution in [0.1, 0.15) is 70.5 Å². The normalized spacial score (nSPS) is 21.1. The van der Waals surface area contributed by atoms with Crippen LogP contribution in [-0.4, -0.2) is 53.3 Å². The van der Waals surface area contributed by atoms with Gasteiger partial charge >= 0.3 is 0 Å². The first kappa shape index (κ1) is 29.5. The maximum Gasteiger partial charge on any atom is 0.261 e. The van der Waals surface area contributed by atoms with Crippen molar-refractivity contribution in [3.63, 3.8) is 0 Å². The number of aromatic nitrogens is 1. The van der Waals surface area contributed by atoms with Crippen LogP contribution < -0.4 is 5.32 Å². The summed E-state index contributed by atoms with van der Waals surface area (Å²) < 4.78 is 29.1. The Bertz CT molecular complexity index is 1430. The van der Waals surface area contributed by atoms with E-state index in [1.54, 1.807) is 17.0 Å².